The fraction of sp³-hybridized carbons (Fsp3) is 0.419. The average Bonchev–Trinajstić information content (AvgIpc) is 3.34. The lowest BCUT2D eigenvalue weighted by Crippen LogP contribution is -2.02. The summed E-state index contributed by atoms with van der Waals surface area (Å²) in [6.45, 7) is 0. The Balaban J connectivity index is 1.62. The van der Waals surface area contributed by atoms with E-state index in [0.717, 1.165) is 0 Å². The van der Waals surface area contributed by atoms with Gasteiger partial charge in [0.2, 0.25) is 0 Å². The van der Waals surface area contributed by atoms with E-state index in [0.29, 0.717) is 0 Å². The molecule has 0 N–H and O–H groups in total. The molecule has 7 rings (SSSR count). The third kappa shape index (κ3) is 2.70. The first-order chi connectivity index (χ1) is 15.9. The Kier molecular flexibility index (Phi) is 4.45. The molecule has 1 nitrogen and oxygen atoms in total. The van der Waals surface area contributed by atoms with Gasteiger partial charge >= 0.3 is 0 Å². The Morgan fingerprint density at radius 2 is 1.06 bits per heavy atom. The quantitative estimate of drug-likeness (QED) is 0.237. The molecule has 0 saturated carbocycles. The predicted molar refractivity (Wildman–Crippen MR) is 137 cm³/mol. The molecule has 162 valence electrons. The third-order valence-electron chi connectivity index (χ3n) is 8.55. The Morgan fingerprint density at radius 3 is 1.88 bits per heavy atom. The largest absolute Gasteiger partial charge is 0.308 e. The second-order valence-electron chi connectivity index (χ2n) is 10.4. The predicted octanol–water partition coefficient (Wildman–Crippen LogP) is 8.54. The van der Waals surface area contributed by atoms with Crippen LogP contribution in [0.5, 0.6) is 0 Å². The molecule has 2 aliphatic rings. The molecule has 0 saturated heterocycles. The van der Waals surface area contributed by atoms with Crippen LogP contribution in [0.2, 0.25) is 0 Å². The van der Waals surface area contributed by atoms with Crippen LogP contribution in [-0.2, 0) is 25.7 Å². The molecule has 0 fully saturated rings. The van der Waals surface area contributed by atoms with E-state index in [-0.39, 0.29) is 0 Å². The summed E-state index contributed by atoms with van der Waals surface area (Å²) in [4.78, 5) is 0. The highest BCUT2D eigenvalue weighted by Crippen LogP contribution is 2.43. The van der Waals surface area contributed by atoms with E-state index in [1.54, 1.807) is 27.6 Å². The van der Waals surface area contributed by atoms with Crippen molar-refractivity contribution >= 4 is 38.1 Å². The van der Waals surface area contributed by atoms with Crippen molar-refractivity contribution < 1.29 is 0 Å². The molecule has 0 unspecified atom stereocenters. The van der Waals surface area contributed by atoms with Crippen LogP contribution in [0.15, 0.2) is 42.5 Å². The van der Waals surface area contributed by atoms with Crippen molar-refractivity contribution in [2.24, 2.45) is 0 Å². The van der Waals surface area contributed by atoms with Crippen molar-refractivity contribution in [1.29, 1.82) is 0 Å². The van der Waals surface area contributed by atoms with Crippen LogP contribution in [0, 0.1) is 0 Å². The monoisotopic (exact) mass is 419 g/mol. The number of hydrogen-bond acceptors (Lipinski definition) is 0. The van der Waals surface area contributed by atoms with Crippen LogP contribution >= 0.6 is 0 Å². The number of fused-ring (bicyclic) bond motifs is 10. The van der Waals surface area contributed by atoms with Gasteiger partial charge in [0.15, 0.2) is 0 Å². The minimum atomic E-state index is 1.23. The summed E-state index contributed by atoms with van der Waals surface area (Å²) in [6, 6.07) is 16.9. The highest BCUT2D eigenvalue weighted by Gasteiger charge is 2.23. The van der Waals surface area contributed by atoms with Crippen molar-refractivity contribution in [1.82, 2.24) is 4.40 Å². The lowest BCUT2D eigenvalue weighted by molar-refractivity contribution is 0.618. The molecular weight excluding hydrogens is 386 g/mol. The molecule has 2 aliphatic carbocycles. The molecule has 2 heterocycles. The van der Waals surface area contributed by atoms with Crippen molar-refractivity contribution in [2.45, 2.75) is 83.5 Å². The van der Waals surface area contributed by atoms with Gasteiger partial charge in [0.25, 0.3) is 0 Å². The fourth-order valence-corrected chi connectivity index (χ4v) is 7.02. The molecule has 0 bridgehead atoms. The van der Waals surface area contributed by atoms with Crippen LogP contribution in [0.1, 0.15) is 80.0 Å². The first-order valence-corrected chi connectivity index (χ1v) is 13.2. The van der Waals surface area contributed by atoms with Crippen molar-refractivity contribution in [3.05, 3.63) is 64.7 Å². The molecule has 0 atom stereocenters. The van der Waals surface area contributed by atoms with Crippen LogP contribution < -0.4 is 0 Å². The highest BCUT2D eigenvalue weighted by molar-refractivity contribution is 6.24. The van der Waals surface area contributed by atoms with Crippen LogP contribution in [0.25, 0.3) is 38.1 Å². The molecule has 0 amide bonds. The number of nitrogens with zero attached hydrogens (tertiary/aromatic N) is 1. The summed E-state index contributed by atoms with van der Waals surface area (Å²) in [5, 5.41) is 5.98. The van der Waals surface area contributed by atoms with Gasteiger partial charge < -0.3 is 4.40 Å². The number of para-hydroxylation sites is 1. The lowest BCUT2D eigenvalue weighted by Gasteiger charge is -2.16. The van der Waals surface area contributed by atoms with Gasteiger partial charge in [-0.3, -0.25) is 0 Å². The van der Waals surface area contributed by atoms with Crippen LogP contribution in [0.4, 0.5) is 0 Å². The summed E-state index contributed by atoms with van der Waals surface area (Å²) in [5.74, 6) is 0. The topological polar surface area (TPSA) is 4.41 Å². The maximum Gasteiger partial charge on any atom is 0.0620 e. The summed E-state index contributed by atoms with van der Waals surface area (Å²) >= 11 is 0. The van der Waals surface area contributed by atoms with Gasteiger partial charge in [0.1, 0.15) is 0 Å². The fourth-order valence-electron chi connectivity index (χ4n) is 7.02. The van der Waals surface area contributed by atoms with Crippen LogP contribution in [0.3, 0.4) is 0 Å². The number of aryl methyl sites for hydroxylation is 4. The van der Waals surface area contributed by atoms with E-state index in [4.69, 9.17) is 0 Å². The van der Waals surface area contributed by atoms with Gasteiger partial charge in [-0.1, -0.05) is 68.5 Å². The van der Waals surface area contributed by atoms with Gasteiger partial charge in [-0.05, 0) is 79.7 Å². The second-order valence-corrected chi connectivity index (χ2v) is 10.4. The first kappa shape index (κ1) is 19.0. The molecule has 0 spiro atoms. The highest BCUT2D eigenvalue weighted by atomic mass is 14.9. The zero-order valence-corrected chi connectivity index (χ0v) is 19.2. The number of rotatable bonds is 0. The van der Waals surface area contributed by atoms with Gasteiger partial charge in [-0.2, -0.15) is 0 Å². The Labute approximate surface area is 190 Å². The molecule has 32 heavy (non-hydrogen) atoms. The van der Waals surface area contributed by atoms with Crippen molar-refractivity contribution in [3.8, 4) is 0 Å². The molecule has 2 aromatic heterocycles. The summed E-state index contributed by atoms with van der Waals surface area (Å²) < 4.78 is 2.68. The first-order valence-electron chi connectivity index (χ1n) is 13.2. The van der Waals surface area contributed by atoms with E-state index in [1.165, 1.54) is 116 Å². The average molecular weight is 420 g/mol. The Bertz CT molecular complexity index is 1450. The van der Waals surface area contributed by atoms with E-state index < -0.39 is 0 Å². The zero-order valence-electron chi connectivity index (χ0n) is 19.2. The van der Waals surface area contributed by atoms with Crippen LogP contribution in [-0.4, -0.2) is 4.40 Å². The SMILES string of the molecule is c1cc2c3ccc4c(c3n3c5ccc6c(c5c(c1)c23)CCCCCCC6)CCCCCC4. The van der Waals surface area contributed by atoms with E-state index >= 15 is 0 Å². The van der Waals surface area contributed by atoms with E-state index in [1.807, 2.05) is 0 Å². The normalized spacial score (nSPS) is 18.2. The number of aromatic nitrogens is 1. The molecule has 5 aromatic rings. The van der Waals surface area contributed by atoms with Gasteiger partial charge in [0.05, 0.1) is 16.6 Å². The number of hydrogen-bond donors (Lipinski definition) is 0. The molecule has 1 heteroatoms. The van der Waals surface area contributed by atoms with Gasteiger partial charge in [-0.15, -0.1) is 0 Å². The Hall–Kier alpha value is -2.54. The summed E-state index contributed by atoms with van der Waals surface area (Å²) in [5.41, 5.74) is 11.0. The maximum absolute atomic E-state index is 2.68. The Morgan fingerprint density at radius 1 is 0.469 bits per heavy atom. The van der Waals surface area contributed by atoms with Gasteiger partial charge in [0, 0.05) is 21.5 Å². The molecular formula is C31H33N. The minimum absolute atomic E-state index is 1.23. The van der Waals surface area contributed by atoms with Crippen molar-refractivity contribution in [2.75, 3.05) is 0 Å². The summed E-state index contributed by atoms with van der Waals surface area (Å²) in [7, 11) is 0. The molecule has 0 aliphatic heterocycles. The second kappa shape index (κ2) is 7.51. The minimum Gasteiger partial charge on any atom is -0.308 e. The van der Waals surface area contributed by atoms with E-state index in [9.17, 15) is 0 Å². The third-order valence-corrected chi connectivity index (χ3v) is 8.55. The maximum atomic E-state index is 2.68. The van der Waals surface area contributed by atoms with Gasteiger partial charge in [-0.25, -0.2) is 0 Å². The lowest BCUT2D eigenvalue weighted by atomic mass is 9.91. The molecule has 3 aromatic carbocycles. The van der Waals surface area contributed by atoms with Crippen molar-refractivity contribution in [3.63, 3.8) is 0 Å². The standard InChI is InChI=1S/C31H33N/c1-2-6-11-21-18-20-28-29(23(21)13-8-3-1)27-16-10-15-25-26-19-17-22-12-7-4-5-9-14-24(22)30(26)32(28)31(25)27/h10,15-20H,1-9,11-14H2. The molecule has 0 radical (unpaired) electrons. The summed E-state index contributed by atoms with van der Waals surface area (Å²) in [6.07, 6.45) is 17.3. The zero-order chi connectivity index (χ0) is 21.1. The van der Waals surface area contributed by atoms with E-state index in [2.05, 4.69) is 46.9 Å². The number of benzene rings is 3. The smallest absolute Gasteiger partial charge is 0.0620 e.